The summed E-state index contributed by atoms with van der Waals surface area (Å²) in [5.74, 6) is -0.0825. The van der Waals surface area contributed by atoms with Crippen molar-refractivity contribution in [3.05, 3.63) is 59.2 Å². The molecule has 0 atom stereocenters. The molecule has 0 bridgehead atoms. The van der Waals surface area contributed by atoms with E-state index in [0.717, 1.165) is 0 Å². The third kappa shape index (κ3) is 3.39. The number of ether oxygens (including phenoxy) is 2. The molecule has 2 aromatic rings. The first-order valence-corrected chi connectivity index (χ1v) is 6.23. The molecule has 0 saturated heterocycles. The van der Waals surface area contributed by atoms with Gasteiger partial charge in [-0.15, -0.1) is 0 Å². The molecular formula is C16H14O5. The van der Waals surface area contributed by atoms with Gasteiger partial charge in [0.1, 0.15) is 18.1 Å². The number of benzene rings is 2. The molecule has 0 aromatic heterocycles. The van der Waals surface area contributed by atoms with Crippen molar-refractivity contribution in [2.45, 2.75) is 6.61 Å². The summed E-state index contributed by atoms with van der Waals surface area (Å²) in [6.45, 7) is 0.0651. The van der Waals surface area contributed by atoms with Crippen molar-refractivity contribution in [3.63, 3.8) is 0 Å². The molecule has 0 spiro atoms. The van der Waals surface area contributed by atoms with Crippen LogP contribution in [0.1, 0.15) is 26.3 Å². The third-order valence-electron chi connectivity index (χ3n) is 2.97. The van der Waals surface area contributed by atoms with Gasteiger partial charge in [0.15, 0.2) is 6.29 Å². The van der Waals surface area contributed by atoms with E-state index in [0.29, 0.717) is 28.9 Å². The predicted molar refractivity (Wildman–Crippen MR) is 76.1 cm³/mol. The second kappa shape index (κ2) is 6.56. The number of hydrogen-bond donors (Lipinski definition) is 1. The molecule has 2 rings (SSSR count). The highest BCUT2D eigenvalue weighted by atomic mass is 16.5. The van der Waals surface area contributed by atoms with Crippen LogP contribution in [0.25, 0.3) is 0 Å². The lowest BCUT2D eigenvalue weighted by atomic mass is 10.1. The van der Waals surface area contributed by atoms with Gasteiger partial charge in [-0.05, 0) is 24.3 Å². The second-order valence-corrected chi connectivity index (χ2v) is 4.27. The zero-order valence-corrected chi connectivity index (χ0v) is 11.4. The van der Waals surface area contributed by atoms with Gasteiger partial charge in [-0.25, -0.2) is 4.79 Å². The number of carbonyl (C=O) groups is 2. The van der Waals surface area contributed by atoms with E-state index in [4.69, 9.17) is 14.6 Å². The summed E-state index contributed by atoms with van der Waals surface area (Å²) < 4.78 is 10.6. The maximum Gasteiger partial charge on any atom is 0.336 e. The molecule has 0 radical (unpaired) electrons. The van der Waals surface area contributed by atoms with E-state index < -0.39 is 5.97 Å². The van der Waals surface area contributed by atoms with E-state index in [1.165, 1.54) is 13.2 Å². The monoisotopic (exact) mass is 286 g/mol. The highest BCUT2D eigenvalue weighted by Crippen LogP contribution is 2.24. The van der Waals surface area contributed by atoms with Crippen molar-refractivity contribution < 1.29 is 24.2 Å². The van der Waals surface area contributed by atoms with Gasteiger partial charge in [0.05, 0.1) is 18.2 Å². The Kier molecular flexibility index (Phi) is 4.56. The van der Waals surface area contributed by atoms with Crippen molar-refractivity contribution in [1.29, 1.82) is 0 Å². The third-order valence-corrected chi connectivity index (χ3v) is 2.97. The lowest BCUT2D eigenvalue weighted by Gasteiger charge is -2.11. The van der Waals surface area contributed by atoms with Crippen LogP contribution in [0.5, 0.6) is 11.5 Å². The zero-order valence-electron chi connectivity index (χ0n) is 11.4. The molecule has 0 aliphatic heterocycles. The van der Waals surface area contributed by atoms with E-state index in [1.807, 2.05) is 0 Å². The topological polar surface area (TPSA) is 72.8 Å². The molecular weight excluding hydrogens is 272 g/mol. The summed E-state index contributed by atoms with van der Waals surface area (Å²) in [4.78, 5) is 22.2. The zero-order chi connectivity index (χ0) is 15.2. The number of aldehydes is 1. The first-order chi connectivity index (χ1) is 10.2. The van der Waals surface area contributed by atoms with Crippen LogP contribution in [-0.2, 0) is 6.61 Å². The molecule has 0 heterocycles. The lowest BCUT2D eigenvalue weighted by molar-refractivity contribution is 0.0693. The van der Waals surface area contributed by atoms with E-state index in [2.05, 4.69) is 0 Å². The van der Waals surface area contributed by atoms with Crippen molar-refractivity contribution >= 4 is 12.3 Å². The fraction of sp³-hybridized carbons (Fsp3) is 0.125. The number of rotatable bonds is 6. The first-order valence-electron chi connectivity index (χ1n) is 6.23. The normalized spacial score (nSPS) is 9.95. The molecule has 1 N–H and O–H groups in total. The minimum absolute atomic E-state index is 0.0651. The lowest BCUT2D eigenvalue weighted by Crippen LogP contribution is -2.06. The molecule has 0 saturated carbocycles. The van der Waals surface area contributed by atoms with Gasteiger partial charge in [0.2, 0.25) is 0 Å². The average Bonchev–Trinajstić information content (AvgIpc) is 2.52. The molecule has 21 heavy (non-hydrogen) atoms. The van der Waals surface area contributed by atoms with Crippen LogP contribution in [0.15, 0.2) is 42.5 Å². The van der Waals surface area contributed by atoms with Crippen molar-refractivity contribution in [2.24, 2.45) is 0 Å². The molecule has 2 aromatic carbocycles. The maximum absolute atomic E-state index is 11.1. The Hall–Kier alpha value is -2.82. The Morgan fingerprint density at radius 2 is 2.00 bits per heavy atom. The van der Waals surface area contributed by atoms with Crippen LogP contribution < -0.4 is 9.47 Å². The maximum atomic E-state index is 11.1. The predicted octanol–water partition coefficient (Wildman–Crippen LogP) is 2.78. The van der Waals surface area contributed by atoms with Crippen LogP contribution in [0, 0.1) is 0 Å². The van der Waals surface area contributed by atoms with Crippen LogP contribution in [0.4, 0.5) is 0 Å². The Labute approximate surface area is 121 Å². The van der Waals surface area contributed by atoms with Crippen LogP contribution in [0.2, 0.25) is 0 Å². The van der Waals surface area contributed by atoms with Gasteiger partial charge < -0.3 is 14.6 Å². The molecule has 5 heteroatoms. The highest BCUT2D eigenvalue weighted by Gasteiger charge is 2.11. The van der Waals surface area contributed by atoms with Gasteiger partial charge in [-0.3, -0.25) is 4.79 Å². The van der Waals surface area contributed by atoms with E-state index in [9.17, 15) is 9.59 Å². The molecule has 5 nitrogen and oxygen atoms in total. The molecule has 108 valence electrons. The van der Waals surface area contributed by atoms with E-state index in [1.54, 1.807) is 36.4 Å². The van der Waals surface area contributed by atoms with Gasteiger partial charge in [0, 0.05) is 5.56 Å². The number of methoxy groups -OCH3 is 1. The second-order valence-electron chi connectivity index (χ2n) is 4.27. The summed E-state index contributed by atoms with van der Waals surface area (Å²) in [5, 5.41) is 9.10. The van der Waals surface area contributed by atoms with Crippen molar-refractivity contribution in [3.8, 4) is 11.5 Å². The molecule has 0 aliphatic carbocycles. The van der Waals surface area contributed by atoms with Gasteiger partial charge >= 0.3 is 5.97 Å². The molecule has 0 amide bonds. The van der Waals surface area contributed by atoms with E-state index >= 15 is 0 Å². The first kappa shape index (κ1) is 14.6. The molecule has 0 aliphatic rings. The van der Waals surface area contributed by atoms with Crippen molar-refractivity contribution in [1.82, 2.24) is 0 Å². The van der Waals surface area contributed by atoms with Crippen molar-refractivity contribution in [2.75, 3.05) is 7.11 Å². The van der Waals surface area contributed by atoms with Gasteiger partial charge in [0.25, 0.3) is 0 Å². The van der Waals surface area contributed by atoms with Gasteiger partial charge in [-0.1, -0.05) is 18.2 Å². The number of aromatic carboxylic acids is 1. The quantitative estimate of drug-likeness (QED) is 0.827. The van der Waals surface area contributed by atoms with Crippen LogP contribution in [0.3, 0.4) is 0 Å². The van der Waals surface area contributed by atoms with Gasteiger partial charge in [-0.2, -0.15) is 0 Å². The summed E-state index contributed by atoms with van der Waals surface area (Å²) >= 11 is 0. The van der Waals surface area contributed by atoms with Crippen LogP contribution in [-0.4, -0.2) is 24.5 Å². The number of carboxylic acids is 1. The number of carboxylic acid groups (broad SMARTS) is 1. The molecule has 0 unspecified atom stereocenters. The minimum atomic E-state index is -1.01. The SMILES string of the molecule is COc1ccc(OCc2ccccc2C(=O)O)c(C=O)c1. The standard InChI is InChI=1S/C16H14O5/c1-20-13-6-7-15(12(8-13)9-17)21-10-11-4-2-3-5-14(11)16(18)19/h2-9H,10H2,1H3,(H,18,19). The summed E-state index contributed by atoms with van der Waals surface area (Å²) in [7, 11) is 1.51. The smallest absolute Gasteiger partial charge is 0.336 e. The summed E-state index contributed by atoms with van der Waals surface area (Å²) in [5.41, 5.74) is 1.07. The fourth-order valence-electron chi connectivity index (χ4n) is 1.89. The Bertz CT molecular complexity index is 663. The largest absolute Gasteiger partial charge is 0.497 e. The fourth-order valence-corrected chi connectivity index (χ4v) is 1.89. The van der Waals surface area contributed by atoms with E-state index in [-0.39, 0.29) is 12.2 Å². The summed E-state index contributed by atoms with van der Waals surface area (Å²) in [6, 6.07) is 11.4. The average molecular weight is 286 g/mol. The minimum Gasteiger partial charge on any atom is -0.497 e. The Balaban J connectivity index is 2.21. The Morgan fingerprint density at radius 3 is 2.67 bits per heavy atom. The Morgan fingerprint density at radius 1 is 1.24 bits per heavy atom. The number of hydrogen-bond acceptors (Lipinski definition) is 4. The summed E-state index contributed by atoms with van der Waals surface area (Å²) in [6.07, 6.45) is 0.668. The molecule has 0 fully saturated rings. The highest BCUT2D eigenvalue weighted by molar-refractivity contribution is 5.89. The van der Waals surface area contributed by atoms with Crippen LogP contribution >= 0.6 is 0 Å². The number of carbonyl (C=O) groups excluding carboxylic acids is 1.